The third-order valence-corrected chi connectivity index (χ3v) is 4.35. The van der Waals surface area contributed by atoms with Gasteiger partial charge in [-0.2, -0.15) is 4.98 Å². The molecule has 2 aromatic rings. The molecule has 0 unspecified atom stereocenters. The van der Waals surface area contributed by atoms with Crippen molar-refractivity contribution in [3.05, 3.63) is 35.4 Å². The maximum Gasteiger partial charge on any atom is 0.226 e. The molecule has 0 saturated carbocycles. The molecule has 3 heterocycles. The van der Waals surface area contributed by atoms with Crippen LogP contribution in [0.5, 0.6) is 0 Å². The molecule has 1 atom stereocenters. The molecule has 1 aliphatic heterocycles. The predicted molar refractivity (Wildman–Crippen MR) is 89.3 cm³/mol. The molecular formula is C18H27N3O3. The van der Waals surface area contributed by atoms with Crippen LogP contribution in [0.4, 0.5) is 0 Å². The molecule has 24 heavy (non-hydrogen) atoms. The molecule has 6 heteroatoms. The molecule has 0 bridgehead atoms. The Morgan fingerprint density at radius 1 is 1.21 bits per heavy atom. The highest BCUT2D eigenvalue weighted by Crippen LogP contribution is 2.29. The lowest BCUT2D eigenvalue weighted by Gasteiger charge is -2.20. The van der Waals surface area contributed by atoms with Crippen molar-refractivity contribution in [2.75, 3.05) is 13.2 Å². The van der Waals surface area contributed by atoms with Gasteiger partial charge in [0.25, 0.3) is 0 Å². The summed E-state index contributed by atoms with van der Waals surface area (Å²) >= 11 is 0. The molecule has 1 saturated heterocycles. The Morgan fingerprint density at radius 2 is 2.12 bits per heavy atom. The van der Waals surface area contributed by atoms with Crippen LogP contribution < -0.4 is 0 Å². The van der Waals surface area contributed by atoms with E-state index in [1.165, 1.54) is 6.42 Å². The molecule has 0 amide bonds. The Bertz CT molecular complexity index is 617. The van der Waals surface area contributed by atoms with E-state index in [0.29, 0.717) is 6.54 Å². The maximum absolute atomic E-state index is 6.01. The van der Waals surface area contributed by atoms with Gasteiger partial charge >= 0.3 is 0 Å². The van der Waals surface area contributed by atoms with E-state index in [1.807, 2.05) is 6.07 Å². The summed E-state index contributed by atoms with van der Waals surface area (Å²) in [6, 6.07) is 4.10. The number of furan rings is 1. The van der Waals surface area contributed by atoms with E-state index in [9.17, 15) is 0 Å². The summed E-state index contributed by atoms with van der Waals surface area (Å²) in [5.41, 5.74) is 0. The van der Waals surface area contributed by atoms with Gasteiger partial charge in [-0.25, -0.2) is 0 Å². The molecule has 1 aliphatic rings. The van der Waals surface area contributed by atoms with Gasteiger partial charge in [0.1, 0.15) is 17.6 Å². The fourth-order valence-corrected chi connectivity index (χ4v) is 2.99. The molecule has 0 N–H and O–H groups in total. The zero-order valence-corrected chi connectivity index (χ0v) is 14.7. The summed E-state index contributed by atoms with van der Waals surface area (Å²) in [6.07, 6.45) is 5.38. The molecule has 0 aromatic carbocycles. The number of aryl methyl sites for hydroxylation is 1. The van der Waals surface area contributed by atoms with E-state index >= 15 is 0 Å². The summed E-state index contributed by atoms with van der Waals surface area (Å²) < 4.78 is 17.1. The van der Waals surface area contributed by atoms with Crippen molar-refractivity contribution in [1.82, 2.24) is 15.0 Å². The van der Waals surface area contributed by atoms with Crippen LogP contribution in [-0.4, -0.2) is 28.2 Å². The Hall–Kier alpha value is -1.66. The number of nitrogens with zero attached hydrogens (tertiary/aromatic N) is 3. The molecule has 0 spiro atoms. The Labute approximate surface area is 143 Å². The highest BCUT2D eigenvalue weighted by atomic mass is 16.5. The third kappa shape index (κ3) is 4.45. The van der Waals surface area contributed by atoms with Crippen LogP contribution in [0.25, 0.3) is 0 Å². The van der Waals surface area contributed by atoms with Gasteiger partial charge in [-0.15, -0.1) is 0 Å². The van der Waals surface area contributed by atoms with E-state index in [0.717, 1.165) is 68.6 Å². The van der Waals surface area contributed by atoms with Gasteiger partial charge in [0.2, 0.25) is 5.89 Å². The molecule has 1 fully saturated rings. The fourth-order valence-electron chi connectivity index (χ4n) is 2.99. The van der Waals surface area contributed by atoms with Crippen LogP contribution in [0.1, 0.15) is 68.9 Å². The topological polar surface area (TPSA) is 64.5 Å². The van der Waals surface area contributed by atoms with E-state index in [-0.39, 0.29) is 6.10 Å². The zero-order chi connectivity index (χ0) is 16.8. The van der Waals surface area contributed by atoms with E-state index in [4.69, 9.17) is 13.7 Å². The van der Waals surface area contributed by atoms with Gasteiger partial charge in [-0.05, 0) is 44.4 Å². The largest absolute Gasteiger partial charge is 0.462 e. The van der Waals surface area contributed by atoms with Crippen LogP contribution >= 0.6 is 0 Å². The van der Waals surface area contributed by atoms with Crippen LogP contribution in [0.2, 0.25) is 0 Å². The minimum Gasteiger partial charge on any atom is -0.462 e. The quantitative estimate of drug-likeness (QED) is 0.730. The highest BCUT2D eigenvalue weighted by Gasteiger charge is 2.20. The van der Waals surface area contributed by atoms with Crippen molar-refractivity contribution in [2.45, 2.75) is 65.1 Å². The molecule has 132 valence electrons. The number of hydrogen-bond acceptors (Lipinski definition) is 6. The fraction of sp³-hybridized carbons (Fsp3) is 0.667. The number of rotatable bonds is 8. The molecule has 0 aliphatic carbocycles. The Morgan fingerprint density at radius 3 is 2.88 bits per heavy atom. The smallest absolute Gasteiger partial charge is 0.226 e. The summed E-state index contributed by atoms with van der Waals surface area (Å²) in [6.45, 7) is 7.36. The van der Waals surface area contributed by atoms with E-state index < -0.39 is 0 Å². The van der Waals surface area contributed by atoms with Gasteiger partial charge in [0.05, 0.1) is 13.1 Å². The molecule has 6 nitrogen and oxygen atoms in total. The first-order valence-corrected chi connectivity index (χ1v) is 9.02. The Balaban J connectivity index is 1.57. The minimum absolute atomic E-state index is 0.122. The van der Waals surface area contributed by atoms with Crippen LogP contribution in [-0.2, 0) is 24.2 Å². The summed E-state index contributed by atoms with van der Waals surface area (Å²) in [5, 5.41) is 4.06. The van der Waals surface area contributed by atoms with Gasteiger partial charge in [0.15, 0.2) is 5.82 Å². The first kappa shape index (κ1) is 17.2. The molecule has 3 rings (SSSR count). The zero-order valence-electron chi connectivity index (χ0n) is 14.7. The monoisotopic (exact) mass is 333 g/mol. The number of hydrogen-bond donors (Lipinski definition) is 0. The highest BCUT2D eigenvalue weighted by molar-refractivity contribution is 5.10. The van der Waals surface area contributed by atoms with Crippen molar-refractivity contribution >= 4 is 0 Å². The molecule has 0 radical (unpaired) electrons. The normalized spacial score (nSPS) is 18.4. The lowest BCUT2D eigenvalue weighted by atomic mass is 10.1. The predicted octanol–water partition coefficient (Wildman–Crippen LogP) is 3.88. The van der Waals surface area contributed by atoms with Crippen molar-refractivity contribution in [3.8, 4) is 0 Å². The first-order chi connectivity index (χ1) is 11.8. The van der Waals surface area contributed by atoms with Crippen molar-refractivity contribution in [3.63, 3.8) is 0 Å². The third-order valence-electron chi connectivity index (χ3n) is 4.35. The second-order valence-electron chi connectivity index (χ2n) is 6.32. The average molecular weight is 333 g/mol. The average Bonchev–Trinajstić information content (AvgIpc) is 3.25. The summed E-state index contributed by atoms with van der Waals surface area (Å²) in [5.74, 6) is 3.37. The second kappa shape index (κ2) is 8.44. The van der Waals surface area contributed by atoms with Crippen molar-refractivity contribution in [1.29, 1.82) is 0 Å². The second-order valence-corrected chi connectivity index (χ2v) is 6.32. The van der Waals surface area contributed by atoms with Crippen molar-refractivity contribution in [2.24, 2.45) is 0 Å². The van der Waals surface area contributed by atoms with E-state index in [2.05, 4.69) is 35.0 Å². The maximum atomic E-state index is 6.01. The van der Waals surface area contributed by atoms with Crippen LogP contribution in [0.3, 0.4) is 0 Å². The standard InChI is InChI=1S/C18H27N3O3/c1-3-7-18-19-17(20-24-18)13-21(4-2)12-14-9-10-16(23-14)15-8-5-6-11-22-15/h9-10,15H,3-8,11-13H2,1-2H3/t15-/m1/s1. The lowest BCUT2D eigenvalue weighted by molar-refractivity contribution is 0.000828. The van der Waals surface area contributed by atoms with Crippen molar-refractivity contribution < 1.29 is 13.7 Å². The van der Waals surface area contributed by atoms with E-state index in [1.54, 1.807) is 0 Å². The van der Waals surface area contributed by atoms with Gasteiger partial charge < -0.3 is 13.7 Å². The van der Waals surface area contributed by atoms with Gasteiger partial charge in [-0.1, -0.05) is 19.0 Å². The number of ether oxygens (including phenoxy) is 1. The van der Waals surface area contributed by atoms with Crippen LogP contribution in [0, 0.1) is 0 Å². The number of aromatic nitrogens is 2. The Kier molecular flexibility index (Phi) is 6.04. The van der Waals surface area contributed by atoms with Gasteiger partial charge in [-0.3, -0.25) is 4.90 Å². The molecule has 2 aromatic heterocycles. The SMILES string of the molecule is CCCc1nc(CN(CC)Cc2ccc([C@H]3CCCCO3)o2)no1. The summed E-state index contributed by atoms with van der Waals surface area (Å²) in [4.78, 5) is 6.68. The van der Waals surface area contributed by atoms with Crippen LogP contribution in [0.15, 0.2) is 21.1 Å². The summed E-state index contributed by atoms with van der Waals surface area (Å²) in [7, 11) is 0. The minimum atomic E-state index is 0.122. The first-order valence-electron chi connectivity index (χ1n) is 9.02. The molecular weight excluding hydrogens is 306 g/mol. The van der Waals surface area contributed by atoms with Gasteiger partial charge in [0, 0.05) is 13.0 Å². The lowest BCUT2D eigenvalue weighted by Crippen LogP contribution is -2.22.